The molecule has 0 aromatic rings. The molecule has 0 aromatic heterocycles. The second-order valence-electron chi connectivity index (χ2n) is 3.00. The maximum Gasteiger partial charge on any atom is 0.356 e. The predicted molar refractivity (Wildman–Crippen MR) is 51.6 cm³/mol. The lowest BCUT2D eigenvalue weighted by Crippen LogP contribution is -2.15. The van der Waals surface area contributed by atoms with Crippen molar-refractivity contribution in [3.05, 3.63) is 0 Å². The molecule has 0 aliphatic heterocycles. The highest BCUT2D eigenvalue weighted by molar-refractivity contribution is 7.53. The summed E-state index contributed by atoms with van der Waals surface area (Å²) in [5.74, 6) is -1.26. The monoisotopic (exact) mass is 210 g/mol. The Kier molecular flexibility index (Phi) is 5.81. The summed E-state index contributed by atoms with van der Waals surface area (Å²) < 4.78 is 16.3. The van der Waals surface area contributed by atoms with E-state index in [1.165, 1.54) is 0 Å². The van der Waals surface area contributed by atoms with E-state index in [1.807, 2.05) is 13.8 Å². The summed E-state index contributed by atoms with van der Waals surface area (Å²) in [5.41, 5.74) is 0. The topological polar surface area (TPSA) is 66.8 Å². The number of rotatable bonds is 6. The van der Waals surface area contributed by atoms with Crippen molar-refractivity contribution in [2.24, 2.45) is 0 Å². The first-order valence-corrected chi connectivity index (χ1v) is 6.31. The highest BCUT2D eigenvalue weighted by Gasteiger charge is 2.31. The summed E-state index contributed by atoms with van der Waals surface area (Å²) in [6.07, 6.45) is 1.35. The zero-order valence-electron chi connectivity index (χ0n) is 8.43. The van der Waals surface area contributed by atoms with Crippen LogP contribution in [0.3, 0.4) is 0 Å². The number of hydrogen-bond acceptors (Lipinski definition) is 3. The predicted octanol–water partition coefficient (Wildman–Crippen LogP) is 2.11. The van der Waals surface area contributed by atoms with Crippen LogP contribution in [0.25, 0.3) is 0 Å². The van der Waals surface area contributed by atoms with Crippen molar-refractivity contribution < 1.29 is 19.1 Å². The molecule has 0 bridgehead atoms. The smallest absolute Gasteiger partial charge is 0.356 e. The molecule has 0 aliphatic carbocycles. The quantitative estimate of drug-likeness (QED) is 0.659. The molecule has 0 saturated carbocycles. The van der Waals surface area contributed by atoms with Gasteiger partial charge in [-0.05, 0) is 19.3 Å². The molecule has 0 heterocycles. The summed E-state index contributed by atoms with van der Waals surface area (Å²) >= 11 is 0. The summed E-state index contributed by atoms with van der Waals surface area (Å²) in [5, 5.41) is 9.19. The first kappa shape index (κ1) is 13.1. The normalized spacial score (nSPS) is 18.6. The highest BCUT2D eigenvalue weighted by Crippen LogP contribution is 2.49. The molecule has 13 heavy (non-hydrogen) atoms. The molecule has 0 rings (SSSR count). The lowest BCUT2D eigenvalue weighted by Gasteiger charge is -2.21. The number of hydrogen-bond donors (Lipinski definition) is 2. The lowest BCUT2D eigenvalue weighted by atomic mass is 10.2. The zero-order valence-corrected chi connectivity index (χ0v) is 9.33. The van der Waals surface area contributed by atoms with Gasteiger partial charge in [0, 0.05) is 0 Å². The Labute approximate surface area is 79.5 Å². The average Bonchev–Trinajstić information content (AvgIpc) is 2.12. The van der Waals surface area contributed by atoms with Gasteiger partial charge in [0.25, 0.3) is 0 Å². The molecule has 0 fully saturated rings. The van der Waals surface area contributed by atoms with Gasteiger partial charge >= 0.3 is 7.60 Å². The van der Waals surface area contributed by atoms with E-state index in [1.54, 1.807) is 6.92 Å². The Morgan fingerprint density at radius 2 is 1.69 bits per heavy atom. The first-order chi connectivity index (χ1) is 5.97. The number of aliphatic hydroxyl groups excluding tert-OH is 1. The molecule has 0 aromatic carbocycles. The van der Waals surface area contributed by atoms with Gasteiger partial charge in [0.05, 0.1) is 6.10 Å². The van der Waals surface area contributed by atoms with E-state index in [0.29, 0.717) is 12.8 Å². The van der Waals surface area contributed by atoms with Crippen molar-refractivity contribution in [3.8, 4) is 0 Å². The van der Waals surface area contributed by atoms with Gasteiger partial charge in [-0.3, -0.25) is 4.57 Å². The van der Waals surface area contributed by atoms with Gasteiger partial charge in [-0.1, -0.05) is 20.8 Å². The van der Waals surface area contributed by atoms with Crippen LogP contribution in [0.4, 0.5) is 0 Å². The van der Waals surface area contributed by atoms with Crippen LogP contribution in [-0.2, 0) is 9.09 Å². The van der Waals surface area contributed by atoms with Gasteiger partial charge in [-0.25, -0.2) is 0 Å². The minimum Gasteiger partial charge on any atom is -0.380 e. The van der Waals surface area contributed by atoms with E-state index in [0.717, 1.165) is 0 Å². The second kappa shape index (κ2) is 5.76. The Morgan fingerprint density at radius 1 is 1.23 bits per heavy atom. The van der Waals surface area contributed by atoms with Crippen molar-refractivity contribution in [2.75, 3.05) is 0 Å². The van der Waals surface area contributed by atoms with Crippen molar-refractivity contribution in [1.82, 2.24) is 0 Å². The molecule has 0 aliphatic rings. The van der Waals surface area contributed by atoms with E-state index in [-0.39, 0.29) is 12.5 Å². The Bertz CT molecular complexity index is 179. The van der Waals surface area contributed by atoms with E-state index in [4.69, 9.17) is 4.52 Å². The fourth-order valence-electron chi connectivity index (χ4n) is 0.952. The summed E-state index contributed by atoms with van der Waals surface area (Å²) in [6.45, 7) is 5.41. The molecule has 0 amide bonds. The lowest BCUT2D eigenvalue weighted by molar-refractivity contribution is 0.123. The van der Waals surface area contributed by atoms with Crippen molar-refractivity contribution in [2.45, 2.75) is 52.0 Å². The maximum absolute atomic E-state index is 11.4. The average molecular weight is 210 g/mol. The van der Waals surface area contributed by atoms with Crippen molar-refractivity contribution in [3.63, 3.8) is 0 Å². The molecule has 0 spiro atoms. The zero-order chi connectivity index (χ0) is 10.5. The van der Waals surface area contributed by atoms with Crippen LogP contribution in [0.5, 0.6) is 0 Å². The van der Waals surface area contributed by atoms with Gasteiger partial charge in [0.2, 0.25) is 0 Å². The van der Waals surface area contributed by atoms with Crippen LogP contribution >= 0.6 is 7.60 Å². The van der Waals surface area contributed by atoms with Gasteiger partial charge < -0.3 is 14.5 Å². The van der Waals surface area contributed by atoms with Crippen LogP contribution in [-0.4, -0.2) is 21.9 Å². The molecule has 5 heteroatoms. The molecule has 0 saturated heterocycles. The third-order valence-corrected chi connectivity index (χ3v) is 3.67. The van der Waals surface area contributed by atoms with Crippen LogP contribution < -0.4 is 0 Å². The van der Waals surface area contributed by atoms with Gasteiger partial charge in [-0.2, -0.15) is 0 Å². The van der Waals surface area contributed by atoms with Crippen molar-refractivity contribution >= 4 is 7.60 Å². The molecule has 80 valence electrons. The SMILES string of the molecule is CCC(CC)OP(=O)(O)C(O)CC. The Morgan fingerprint density at radius 3 is 2.00 bits per heavy atom. The summed E-state index contributed by atoms with van der Waals surface area (Å²) in [7, 11) is -3.82. The Balaban J connectivity index is 4.22. The van der Waals surface area contributed by atoms with Crippen LogP contribution in [0.2, 0.25) is 0 Å². The molecule has 2 unspecified atom stereocenters. The fourth-order valence-corrected chi connectivity index (χ4v) is 2.28. The largest absolute Gasteiger partial charge is 0.380 e. The number of aliphatic hydroxyl groups is 1. The molecular formula is C8H19O4P. The van der Waals surface area contributed by atoms with E-state index in [2.05, 4.69) is 0 Å². The van der Waals surface area contributed by atoms with Crippen LogP contribution in [0, 0.1) is 0 Å². The Hall–Kier alpha value is 0.110. The van der Waals surface area contributed by atoms with E-state index in [9.17, 15) is 14.6 Å². The molecule has 0 radical (unpaired) electrons. The van der Waals surface area contributed by atoms with Gasteiger partial charge in [0.15, 0.2) is 5.85 Å². The minimum absolute atomic E-state index is 0.230. The first-order valence-electron chi connectivity index (χ1n) is 4.66. The highest BCUT2D eigenvalue weighted by atomic mass is 31.2. The second-order valence-corrected chi connectivity index (χ2v) is 4.93. The molecule has 2 N–H and O–H groups in total. The van der Waals surface area contributed by atoms with E-state index < -0.39 is 13.4 Å². The molecule has 4 nitrogen and oxygen atoms in total. The standard InChI is InChI=1S/C8H19O4P/c1-4-7(5-2)12-13(10,11)8(9)6-3/h7-9H,4-6H2,1-3H3,(H,10,11). The fraction of sp³-hybridized carbons (Fsp3) is 1.00. The van der Waals surface area contributed by atoms with Crippen LogP contribution in [0.15, 0.2) is 0 Å². The molecular weight excluding hydrogens is 191 g/mol. The van der Waals surface area contributed by atoms with Crippen molar-refractivity contribution in [1.29, 1.82) is 0 Å². The van der Waals surface area contributed by atoms with Gasteiger partial charge in [-0.15, -0.1) is 0 Å². The summed E-state index contributed by atoms with van der Waals surface area (Å²) in [6, 6.07) is 0. The maximum atomic E-state index is 11.4. The van der Waals surface area contributed by atoms with Crippen LogP contribution in [0.1, 0.15) is 40.0 Å². The van der Waals surface area contributed by atoms with Gasteiger partial charge in [0.1, 0.15) is 0 Å². The van der Waals surface area contributed by atoms with E-state index >= 15 is 0 Å². The minimum atomic E-state index is -3.82. The third-order valence-electron chi connectivity index (χ3n) is 1.95. The molecule has 2 atom stereocenters. The summed E-state index contributed by atoms with van der Waals surface area (Å²) in [4.78, 5) is 9.30. The third kappa shape index (κ3) is 4.23.